The van der Waals surface area contributed by atoms with Gasteiger partial charge in [-0.25, -0.2) is 0 Å². The van der Waals surface area contributed by atoms with E-state index < -0.39 is 0 Å². The molecule has 0 amide bonds. The van der Waals surface area contributed by atoms with E-state index in [9.17, 15) is 0 Å². The minimum absolute atomic E-state index is 0.792. The monoisotopic (exact) mass is 237 g/mol. The molecule has 1 aliphatic carbocycles. The van der Waals surface area contributed by atoms with Crippen molar-refractivity contribution in [3.8, 4) is 0 Å². The molecule has 1 aromatic carbocycles. The van der Waals surface area contributed by atoms with Crippen LogP contribution in [0.3, 0.4) is 0 Å². The smallest absolute Gasteiger partial charge is 0.0458 e. The van der Waals surface area contributed by atoms with E-state index >= 15 is 0 Å². The SMILES string of the molecule is C=CCC(=C)N(C1=CCCC=C1)c1ccccc1. The summed E-state index contributed by atoms with van der Waals surface area (Å²) in [5.74, 6) is 0. The first-order valence-corrected chi connectivity index (χ1v) is 6.33. The highest BCUT2D eigenvalue weighted by atomic mass is 15.1. The Morgan fingerprint density at radius 3 is 2.61 bits per heavy atom. The highest BCUT2D eigenvalue weighted by Gasteiger charge is 2.13. The lowest BCUT2D eigenvalue weighted by Gasteiger charge is -2.28. The van der Waals surface area contributed by atoms with Crippen LogP contribution in [0.15, 0.2) is 79.2 Å². The Morgan fingerprint density at radius 2 is 2.00 bits per heavy atom. The first-order chi connectivity index (χ1) is 8.83. The van der Waals surface area contributed by atoms with Crippen LogP contribution in [0.4, 0.5) is 5.69 Å². The number of nitrogens with zero attached hydrogens (tertiary/aromatic N) is 1. The molecule has 92 valence electrons. The molecule has 0 unspecified atom stereocenters. The third-order valence-electron chi connectivity index (χ3n) is 2.94. The van der Waals surface area contributed by atoms with Crippen LogP contribution in [0.25, 0.3) is 0 Å². The molecule has 0 heterocycles. The maximum Gasteiger partial charge on any atom is 0.0458 e. The van der Waals surface area contributed by atoms with Gasteiger partial charge in [-0.3, -0.25) is 0 Å². The molecule has 18 heavy (non-hydrogen) atoms. The summed E-state index contributed by atoms with van der Waals surface area (Å²) in [5.41, 5.74) is 3.41. The van der Waals surface area contributed by atoms with Gasteiger partial charge in [-0.1, -0.05) is 43.0 Å². The Morgan fingerprint density at radius 1 is 1.22 bits per heavy atom. The first kappa shape index (κ1) is 12.4. The molecule has 0 spiro atoms. The number of para-hydroxylation sites is 1. The van der Waals surface area contributed by atoms with E-state index in [-0.39, 0.29) is 0 Å². The van der Waals surface area contributed by atoms with Gasteiger partial charge < -0.3 is 4.90 Å². The van der Waals surface area contributed by atoms with E-state index in [1.54, 1.807) is 0 Å². The normalized spacial score (nSPS) is 13.9. The quantitative estimate of drug-likeness (QED) is 0.664. The van der Waals surface area contributed by atoms with Gasteiger partial charge in [-0.2, -0.15) is 0 Å². The molecule has 2 rings (SSSR count). The number of hydrogen-bond donors (Lipinski definition) is 0. The molecule has 1 heteroatoms. The zero-order valence-corrected chi connectivity index (χ0v) is 10.7. The molecule has 1 nitrogen and oxygen atoms in total. The van der Waals surface area contributed by atoms with Crippen LogP contribution in [0.2, 0.25) is 0 Å². The Balaban J connectivity index is 2.34. The minimum atomic E-state index is 0.792. The lowest BCUT2D eigenvalue weighted by atomic mass is 10.1. The fraction of sp³-hybridized carbons (Fsp3) is 0.176. The molecule has 0 saturated carbocycles. The Kier molecular flexibility index (Phi) is 4.19. The van der Waals surface area contributed by atoms with Crippen molar-refractivity contribution < 1.29 is 0 Å². The summed E-state index contributed by atoms with van der Waals surface area (Å²) >= 11 is 0. The van der Waals surface area contributed by atoms with Gasteiger partial charge in [-0.15, -0.1) is 6.58 Å². The van der Waals surface area contributed by atoms with Crippen molar-refractivity contribution >= 4 is 5.69 Å². The molecular weight excluding hydrogens is 218 g/mol. The van der Waals surface area contributed by atoms with Gasteiger partial charge in [0.25, 0.3) is 0 Å². The Labute approximate surface area is 109 Å². The summed E-state index contributed by atoms with van der Waals surface area (Å²) in [6.45, 7) is 7.97. The van der Waals surface area contributed by atoms with Gasteiger partial charge in [0.05, 0.1) is 0 Å². The van der Waals surface area contributed by atoms with E-state index in [1.807, 2.05) is 12.1 Å². The molecule has 0 saturated heterocycles. The molecule has 0 fully saturated rings. The fourth-order valence-electron chi connectivity index (χ4n) is 2.11. The van der Waals surface area contributed by atoms with E-state index in [0.717, 1.165) is 30.6 Å². The van der Waals surface area contributed by atoms with Gasteiger partial charge in [0.2, 0.25) is 0 Å². The van der Waals surface area contributed by atoms with Crippen molar-refractivity contribution in [2.45, 2.75) is 19.3 Å². The van der Waals surface area contributed by atoms with Crippen molar-refractivity contribution in [1.29, 1.82) is 0 Å². The molecule has 0 atom stereocenters. The molecule has 1 aromatic rings. The van der Waals surface area contributed by atoms with Crippen LogP contribution in [-0.4, -0.2) is 0 Å². The second-order valence-corrected chi connectivity index (χ2v) is 4.34. The average Bonchev–Trinajstić information content (AvgIpc) is 2.42. The van der Waals surface area contributed by atoms with Crippen molar-refractivity contribution in [1.82, 2.24) is 0 Å². The summed E-state index contributed by atoms with van der Waals surface area (Å²) in [7, 11) is 0. The average molecular weight is 237 g/mol. The minimum Gasteiger partial charge on any atom is -0.315 e. The highest BCUT2D eigenvalue weighted by Crippen LogP contribution is 2.27. The second kappa shape index (κ2) is 6.06. The van der Waals surface area contributed by atoms with Gasteiger partial charge in [0.1, 0.15) is 0 Å². The maximum atomic E-state index is 4.18. The third-order valence-corrected chi connectivity index (χ3v) is 2.94. The zero-order valence-electron chi connectivity index (χ0n) is 10.7. The van der Waals surface area contributed by atoms with Crippen LogP contribution in [0, 0.1) is 0 Å². The van der Waals surface area contributed by atoms with Gasteiger partial charge in [0.15, 0.2) is 0 Å². The lowest BCUT2D eigenvalue weighted by molar-refractivity contribution is 0.966. The number of allylic oxidation sites excluding steroid dienone is 4. The molecular formula is C17H19N. The van der Waals surface area contributed by atoms with E-state index in [4.69, 9.17) is 0 Å². The van der Waals surface area contributed by atoms with Crippen LogP contribution in [-0.2, 0) is 0 Å². The molecule has 0 aliphatic heterocycles. The molecule has 0 N–H and O–H groups in total. The zero-order chi connectivity index (χ0) is 12.8. The standard InChI is InChI=1S/C17H19N/c1-3-10-15(2)18(16-11-6-4-7-12-16)17-13-8-5-9-14-17/h3-4,6-8,11-14H,1-2,5,9-10H2. The highest BCUT2D eigenvalue weighted by molar-refractivity contribution is 5.60. The summed E-state index contributed by atoms with van der Waals surface area (Å²) in [6.07, 6.45) is 11.6. The lowest BCUT2D eigenvalue weighted by Crippen LogP contribution is -2.20. The molecule has 0 radical (unpaired) electrons. The van der Waals surface area contributed by atoms with Crippen LogP contribution < -0.4 is 4.90 Å². The topological polar surface area (TPSA) is 3.24 Å². The summed E-state index contributed by atoms with van der Waals surface area (Å²) < 4.78 is 0. The largest absolute Gasteiger partial charge is 0.315 e. The Hall–Kier alpha value is -2.02. The number of benzene rings is 1. The van der Waals surface area contributed by atoms with Gasteiger partial charge in [-0.05, 0) is 31.1 Å². The summed E-state index contributed by atoms with van der Waals surface area (Å²) in [4.78, 5) is 2.21. The number of anilines is 1. The molecule has 0 bridgehead atoms. The first-order valence-electron chi connectivity index (χ1n) is 6.33. The van der Waals surface area contributed by atoms with E-state index in [2.05, 4.69) is 60.6 Å². The van der Waals surface area contributed by atoms with Crippen molar-refractivity contribution in [3.63, 3.8) is 0 Å². The maximum absolute atomic E-state index is 4.18. The van der Waals surface area contributed by atoms with Crippen molar-refractivity contribution in [3.05, 3.63) is 79.2 Å². The molecule has 0 aromatic heterocycles. The van der Waals surface area contributed by atoms with Crippen LogP contribution in [0.1, 0.15) is 19.3 Å². The fourth-order valence-corrected chi connectivity index (χ4v) is 2.11. The van der Waals surface area contributed by atoms with Crippen molar-refractivity contribution in [2.75, 3.05) is 4.90 Å². The van der Waals surface area contributed by atoms with Crippen LogP contribution >= 0.6 is 0 Å². The number of rotatable bonds is 5. The number of hydrogen-bond acceptors (Lipinski definition) is 1. The van der Waals surface area contributed by atoms with E-state index in [1.165, 1.54) is 5.70 Å². The van der Waals surface area contributed by atoms with Crippen molar-refractivity contribution in [2.24, 2.45) is 0 Å². The third kappa shape index (κ3) is 2.80. The Bertz CT molecular complexity index is 480. The van der Waals surface area contributed by atoms with Gasteiger partial charge >= 0.3 is 0 Å². The van der Waals surface area contributed by atoms with E-state index in [0.29, 0.717) is 0 Å². The summed E-state index contributed by atoms with van der Waals surface area (Å²) in [5, 5.41) is 0. The van der Waals surface area contributed by atoms with Gasteiger partial charge in [0, 0.05) is 23.5 Å². The van der Waals surface area contributed by atoms with Crippen LogP contribution in [0.5, 0.6) is 0 Å². The summed E-state index contributed by atoms with van der Waals surface area (Å²) in [6, 6.07) is 10.4. The predicted molar refractivity (Wildman–Crippen MR) is 79.3 cm³/mol. The predicted octanol–water partition coefficient (Wildman–Crippen LogP) is 4.82. The second-order valence-electron chi connectivity index (χ2n) is 4.34. The molecule has 1 aliphatic rings.